The summed E-state index contributed by atoms with van der Waals surface area (Å²) in [4.78, 5) is 4.56. The van der Waals surface area contributed by atoms with Crippen molar-refractivity contribution in [1.82, 2.24) is 9.13 Å². The molecule has 5 nitrogen and oxygen atoms in total. The van der Waals surface area contributed by atoms with Crippen molar-refractivity contribution >= 4 is 131 Å². The van der Waals surface area contributed by atoms with Crippen molar-refractivity contribution in [2.75, 3.05) is 9.80 Å². The molecule has 0 unspecified atom stereocenters. The lowest BCUT2D eigenvalue weighted by molar-refractivity contribution is 0.669. The molecule has 0 amide bonds. The molecule has 0 atom stereocenters. The Morgan fingerprint density at radius 3 is 0.930 bits per heavy atom. The van der Waals surface area contributed by atoms with Gasteiger partial charge in [0.15, 0.2) is 0 Å². The molecular formula is C108H72N4OS. The molecule has 0 radical (unpaired) electrons. The van der Waals surface area contributed by atoms with Crippen LogP contribution in [0.25, 0.3) is 164 Å². The van der Waals surface area contributed by atoms with Crippen LogP contribution < -0.4 is 9.80 Å². The Morgan fingerprint density at radius 1 is 0.211 bits per heavy atom. The van der Waals surface area contributed by atoms with Gasteiger partial charge in [0.25, 0.3) is 0 Å². The zero-order valence-electron chi connectivity index (χ0n) is 71.4. The fraction of sp³-hybridized carbons (Fsp3) is 0. The molecule has 0 fully saturated rings. The molecule has 4 heterocycles. The summed E-state index contributed by atoms with van der Waals surface area (Å²) in [5, 5.41) is 8.50. The largest absolute Gasteiger partial charge is 0.456 e. The van der Waals surface area contributed by atoms with E-state index < -0.39 is 12.1 Å². The highest BCUT2D eigenvalue weighted by atomic mass is 32.1. The lowest BCUT2D eigenvalue weighted by Crippen LogP contribution is -2.09. The summed E-state index contributed by atoms with van der Waals surface area (Å²) >= 11 is 1.83. The first-order valence-corrected chi connectivity index (χ1v) is 38.8. The predicted octanol–water partition coefficient (Wildman–Crippen LogP) is 30.8. The Labute approximate surface area is 678 Å². The number of aromatic nitrogens is 2. The van der Waals surface area contributed by atoms with Crippen LogP contribution in [0.4, 0.5) is 34.1 Å². The maximum absolute atomic E-state index is 8.77. The minimum atomic E-state index is -0.410. The zero-order valence-corrected chi connectivity index (χ0v) is 62.2. The van der Waals surface area contributed by atoms with Crippen LogP contribution in [-0.4, -0.2) is 9.13 Å². The molecule has 0 aliphatic rings. The van der Waals surface area contributed by atoms with Crippen molar-refractivity contribution < 1.29 is 18.1 Å². The van der Waals surface area contributed by atoms with Gasteiger partial charge < -0.3 is 23.4 Å². The minimum absolute atomic E-state index is 0.136. The van der Waals surface area contributed by atoms with Crippen LogP contribution in [0.2, 0.25) is 0 Å². The number of hydrogen-bond donors (Lipinski definition) is 0. The molecule has 22 aromatic rings. The van der Waals surface area contributed by atoms with Crippen LogP contribution in [-0.2, 0) is 0 Å². The Kier molecular flexibility index (Phi) is 14.5. The van der Waals surface area contributed by atoms with Crippen LogP contribution in [0.1, 0.15) is 13.7 Å². The maximum atomic E-state index is 8.77. The average Bonchev–Trinajstić information content (AvgIpc) is 1.57. The van der Waals surface area contributed by atoms with Gasteiger partial charge in [-0.15, -0.1) is 11.3 Å². The first-order chi connectivity index (χ1) is 60.6. The van der Waals surface area contributed by atoms with Gasteiger partial charge in [-0.1, -0.05) is 267 Å². The Balaban J connectivity index is 0.000000152. The molecule has 18 aromatic carbocycles. The van der Waals surface area contributed by atoms with E-state index in [-0.39, 0.29) is 59.7 Å². The Morgan fingerprint density at radius 2 is 0.500 bits per heavy atom. The maximum Gasteiger partial charge on any atom is 0.135 e. The highest BCUT2D eigenvalue weighted by Gasteiger charge is 2.21. The van der Waals surface area contributed by atoms with Crippen molar-refractivity contribution in [2.24, 2.45) is 0 Å². The number of rotatable bonds is 14. The smallest absolute Gasteiger partial charge is 0.135 e. The van der Waals surface area contributed by atoms with E-state index in [0.29, 0.717) is 0 Å². The van der Waals surface area contributed by atoms with Gasteiger partial charge in [0.2, 0.25) is 0 Å². The first-order valence-electron chi connectivity index (χ1n) is 43.0. The summed E-state index contributed by atoms with van der Waals surface area (Å²) in [6.45, 7) is 0. The summed E-state index contributed by atoms with van der Waals surface area (Å²) in [6.07, 6.45) is 0. The molecule has 114 heavy (non-hydrogen) atoms. The van der Waals surface area contributed by atoms with E-state index in [1.165, 1.54) is 31.3 Å². The number of anilines is 6. The SMILES string of the molecule is [2H]c1c([2H])c([2H])c(-n2c3ccccc3c3cc(-c4ccc(N(c5ccc(-c6ccccc6)cc5)c5ccc(-c6ccc7oc8ccccc8c7c6)cc5)cc4)ccc32)c([2H])c1[2H].[2H]c1c([2H])c([2H])c(-n2c3ccccc3c3cc(-c4ccc(N(c5ccc(-c6ccccc6)cc5)c5ccc(-c6ccc7sc8ccccc8c7c6)cc5)cc4)ccc32)c([2H])c1[2H]. The Bertz CT molecular complexity index is 7420. The van der Waals surface area contributed by atoms with Crippen molar-refractivity contribution in [2.45, 2.75) is 0 Å². The number of furan rings is 1. The van der Waals surface area contributed by atoms with Gasteiger partial charge in [-0.25, -0.2) is 0 Å². The third kappa shape index (κ3) is 12.4. The van der Waals surface area contributed by atoms with Gasteiger partial charge in [-0.3, -0.25) is 0 Å². The molecule has 0 saturated carbocycles. The average molecular weight is 1480 g/mol. The van der Waals surface area contributed by atoms with Crippen LogP contribution in [0, 0.1) is 0 Å². The number of nitrogens with zero attached hydrogens (tertiary/aromatic N) is 4. The second-order valence-corrected chi connectivity index (χ2v) is 29.5. The lowest BCUT2D eigenvalue weighted by Gasteiger charge is -2.26. The predicted molar refractivity (Wildman–Crippen MR) is 484 cm³/mol. The van der Waals surface area contributed by atoms with Gasteiger partial charge in [0, 0.05) is 98.0 Å². The summed E-state index contributed by atoms with van der Waals surface area (Å²) < 4.78 is 97.1. The van der Waals surface area contributed by atoms with Crippen molar-refractivity contribution in [3.63, 3.8) is 0 Å². The van der Waals surface area contributed by atoms with E-state index in [1.807, 2.05) is 114 Å². The van der Waals surface area contributed by atoms with Gasteiger partial charge in [-0.05, 0) is 237 Å². The molecule has 4 aromatic heterocycles. The summed E-state index contributed by atoms with van der Waals surface area (Å²) in [7, 11) is 0. The van der Waals surface area contributed by atoms with Crippen LogP contribution in [0.15, 0.2) is 441 Å². The fourth-order valence-electron chi connectivity index (χ4n) is 16.3. The molecule has 0 bridgehead atoms. The number of hydrogen-bond acceptors (Lipinski definition) is 4. The van der Waals surface area contributed by atoms with E-state index >= 15 is 0 Å². The Hall–Kier alpha value is -14.8. The van der Waals surface area contributed by atoms with Crippen LogP contribution >= 0.6 is 11.3 Å². The van der Waals surface area contributed by atoms with Crippen molar-refractivity contribution in [1.29, 1.82) is 0 Å². The highest BCUT2D eigenvalue weighted by Crippen LogP contribution is 2.45. The van der Waals surface area contributed by atoms with Gasteiger partial charge in [0.05, 0.1) is 35.8 Å². The molecular weight excluding hydrogens is 1400 g/mol. The quantitative estimate of drug-likeness (QED) is 0.109. The van der Waals surface area contributed by atoms with E-state index in [0.717, 1.165) is 155 Å². The number of para-hydroxylation sites is 5. The number of benzene rings is 18. The lowest BCUT2D eigenvalue weighted by atomic mass is 10.0. The monoisotopic (exact) mass is 1480 g/mol. The van der Waals surface area contributed by atoms with E-state index in [2.05, 4.69) is 283 Å². The topological polar surface area (TPSA) is 29.5 Å². The van der Waals surface area contributed by atoms with Gasteiger partial charge in [0.1, 0.15) is 11.2 Å². The van der Waals surface area contributed by atoms with Gasteiger partial charge in [-0.2, -0.15) is 0 Å². The van der Waals surface area contributed by atoms with E-state index in [9.17, 15) is 0 Å². The third-order valence-electron chi connectivity index (χ3n) is 21.8. The summed E-state index contributed by atoms with van der Waals surface area (Å²) in [6, 6.07) is 128. The van der Waals surface area contributed by atoms with Crippen molar-refractivity contribution in [3.05, 3.63) is 437 Å². The normalized spacial score (nSPS) is 12.7. The molecule has 0 aliphatic carbocycles. The molecule has 536 valence electrons. The van der Waals surface area contributed by atoms with Crippen LogP contribution in [0.3, 0.4) is 0 Å². The second-order valence-electron chi connectivity index (χ2n) is 28.4. The fourth-order valence-corrected chi connectivity index (χ4v) is 17.4. The van der Waals surface area contributed by atoms with Crippen LogP contribution in [0.5, 0.6) is 0 Å². The molecule has 6 heteroatoms. The van der Waals surface area contributed by atoms with Crippen molar-refractivity contribution in [3.8, 4) is 78.1 Å². The first kappa shape index (κ1) is 57.3. The number of fused-ring (bicyclic) bond motifs is 12. The second kappa shape index (κ2) is 28.9. The standard InChI is InChI=1S/C54H36N2O.C54H36N2S/c2*1-3-11-37(12-4-1)38-19-27-44(28-20-38)55(46-31-23-40(24-32-46)42-26-34-54-50(36-42)48-16-8-10-18-53(48)57-54)45-29-21-39(22-30-45)41-25-33-52-49(35-41)47-15-7-9-17-51(47)56(52)43-13-5-2-6-14-43/h2*1-36H/i2*2D,5D,6D,13D,14D. The highest BCUT2D eigenvalue weighted by molar-refractivity contribution is 7.25. The third-order valence-corrected chi connectivity index (χ3v) is 23.0. The molecule has 0 spiro atoms. The zero-order chi connectivity index (χ0) is 84.1. The summed E-state index contributed by atoms with van der Waals surface area (Å²) in [5.74, 6) is 0. The van der Waals surface area contributed by atoms with E-state index in [4.69, 9.17) is 18.1 Å². The minimum Gasteiger partial charge on any atom is -0.456 e. The molecule has 0 saturated heterocycles. The number of thiophene rings is 1. The summed E-state index contributed by atoms with van der Waals surface area (Å²) in [5.41, 5.74) is 24.5. The molecule has 0 aliphatic heterocycles. The van der Waals surface area contributed by atoms with Gasteiger partial charge >= 0.3 is 0 Å². The molecule has 22 rings (SSSR count). The molecule has 0 N–H and O–H groups in total. The van der Waals surface area contributed by atoms with E-state index in [1.54, 1.807) is 9.13 Å².